The lowest BCUT2D eigenvalue weighted by atomic mass is 10.0. The quantitative estimate of drug-likeness (QED) is 0.663. The van der Waals surface area contributed by atoms with Crippen LogP contribution in [0.5, 0.6) is 11.5 Å². The number of rotatable bonds is 2. The average molecular weight is 389 g/mol. The van der Waals surface area contributed by atoms with Crippen molar-refractivity contribution < 1.29 is 14.3 Å². The second-order valence-corrected chi connectivity index (χ2v) is 7.66. The van der Waals surface area contributed by atoms with Crippen LogP contribution in [0, 0.1) is 13.8 Å². The van der Waals surface area contributed by atoms with Gasteiger partial charge in [-0.3, -0.25) is 4.79 Å². The number of amides is 1. The predicted molar refractivity (Wildman–Crippen MR) is 109 cm³/mol. The molecule has 1 aromatic heterocycles. The number of aromatic nitrogens is 2. The van der Waals surface area contributed by atoms with Gasteiger partial charge in [0.05, 0.1) is 28.5 Å². The number of likely N-dealkylation sites (tertiary alicyclic amines) is 1. The smallest absolute Gasteiger partial charge is 0.254 e. The maximum absolute atomic E-state index is 13.3. The molecule has 1 atom stereocenters. The van der Waals surface area contributed by atoms with Crippen molar-refractivity contribution >= 4 is 16.9 Å². The van der Waals surface area contributed by atoms with Gasteiger partial charge in [0.15, 0.2) is 11.5 Å². The van der Waals surface area contributed by atoms with Gasteiger partial charge in [-0.15, -0.1) is 0 Å². The highest BCUT2D eigenvalue weighted by atomic mass is 16.6. The Bertz CT molecular complexity index is 1110. The van der Waals surface area contributed by atoms with Gasteiger partial charge in [-0.1, -0.05) is 6.07 Å². The minimum Gasteiger partial charge on any atom is -0.486 e. The molecular formula is C23H23N3O3. The van der Waals surface area contributed by atoms with Crippen LogP contribution in [-0.4, -0.2) is 40.5 Å². The second kappa shape index (κ2) is 7.03. The van der Waals surface area contributed by atoms with Gasteiger partial charge in [0.2, 0.25) is 0 Å². The Labute approximate surface area is 169 Å². The van der Waals surface area contributed by atoms with Crippen LogP contribution in [0.2, 0.25) is 0 Å². The van der Waals surface area contributed by atoms with Crippen LogP contribution in [0.1, 0.15) is 46.2 Å². The third kappa shape index (κ3) is 3.18. The molecule has 2 aromatic carbocycles. The Morgan fingerprint density at radius 3 is 2.55 bits per heavy atom. The van der Waals surface area contributed by atoms with Crippen molar-refractivity contribution in [1.29, 1.82) is 0 Å². The number of hydrogen-bond acceptors (Lipinski definition) is 5. The van der Waals surface area contributed by atoms with Crippen LogP contribution >= 0.6 is 0 Å². The van der Waals surface area contributed by atoms with E-state index in [0.29, 0.717) is 18.8 Å². The van der Waals surface area contributed by atoms with Crippen LogP contribution in [0.3, 0.4) is 0 Å². The fourth-order valence-electron chi connectivity index (χ4n) is 4.15. The molecule has 1 saturated heterocycles. The van der Waals surface area contributed by atoms with E-state index >= 15 is 0 Å². The molecular weight excluding hydrogens is 366 g/mol. The molecule has 0 N–H and O–H groups in total. The lowest BCUT2D eigenvalue weighted by Crippen LogP contribution is -2.30. The monoisotopic (exact) mass is 389 g/mol. The summed E-state index contributed by atoms with van der Waals surface area (Å²) in [6, 6.07) is 11.6. The average Bonchev–Trinajstić information content (AvgIpc) is 3.23. The van der Waals surface area contributed by atoms with E-state index in [1.807, 2.05) is 55.1 Å². The van der Waals surface area contributed by atoms with E-state index in [1.165, 1.54) is 0 Å². The summed E-state index contributed by atoms with van der Waals surface area (Å²) in [6.45, 7) is 5.76. The summed E-state index contributed by atoms with van der Waals surface area (Å²) in [5.74, 6) is 1.57. The molecule has 0 spiro atoms. The molecule has 1 amide bonds. The molecule has 3 aromatic rings. The zero-order valence-corrected chi connectivity index (χ0v) is 16.6. The van der Waals surface area contributed by atoms with Gasteiger partial charge in [0.25, 0.3) is 5.91 Å². The Morgan fingerprint density at radius 1 is 0.966 bits per heavy atom. The van der Waals surface area contributed by atoms with Crippen LogP contribution < -0.4 is 9.47 Å². The fourth-order valence-corrected chi connectivity index (χ4v) is 4.15. The lowest BCUT2D eigenvalue weighted by molar-refractivity contribution is 0.0735. The van der Waals surface area contributed by atoms with E-state index in [9.17, 15) is 4.79 Å². The van der Waals surface area contributed by atoms with E-state index < -0.39 is 0 Å². The summed E-state index contributed by atoms with van der Waals surface area (Å²) in [7, 11) is 0. The van der Waals surface area contributed by atoms with Gasteiger partial charge in [0.1, 0.15) is 13.2 Å². The summed E-state index contributed by atoms with van der Waals surface area (Å²) >= 11 is 0. The highest BCUT2D eigenvalue weighted by Crippen LogP contribution is 2.38. The van der Waals surface area contributed by atoms with Gasteiger partial charge in [-0.25, -0.2) is 9.97 Å². The molecule has 0 aliphatic carbocycles. The van der Waals surface area contributed by atoms with Gasteiger partial charge in [0, 0.05) is 12.1 Å². The number of benzene rings is 2. The van der Waals surface area contributed by atoms with Gasteiger partial charge in [-0.05, 0) is 62.6 Å². The molecule has 6 heteroatoms. The summed E-state index contributed by atoms with van der Waals surface area (Å²) in [5.41, 5.74) is 5.11. The van der Waals surface area contributed by atoms with Crippen LogP contribution in [0.15, 0.2) is 36.4 Å². The summed E-state index contributed by atoms with van der Waals surface area (Å²) < 4.78 is 11.4. The topological polar surface area (TPSA) is 64.6 Å². The molecule has 0 radical (unpaired) electrons. The second-order valence-electron chi connectivity index (χ2n) is 7.66. The zero-order chi connectivity index (χ0) is 20.0. The number of aryl methyl sites for hydroxylation is 2. The number of carbonyl (C=O) groups excluding carboxylic acids is 1. The molecule has 29 heavy (non-hydrogen) atoms. The highest BCUT2D eigenvalue weighted by Gasteiger charge is 2.31. The zero-order valence-electron chi connectivity index (χ0n) is 16.6. The van der Waals surface area contributed by atoms with Gasteiger partial charge in [-0.2, -0.15) is 0 Å². The summed E-state index contributed by atoms with van der Waals surface area (Å²) in [5, 5.41) is 0. The van der Waals surface area contributed by atoms with Crippen molar-refractivity contribution in [3.05, 3.63) is 58.9 Å². The molecule has 3 heterocycles. The maximum atomic E-state index is 13.3. The van der Waals surface area contributed by atoms with E-state index in [0.717, 1.165) is 58.9 Å². The Morgan fingerprint density at radius 2 is 1.72 bits per heavy atom. The number of hydrogen-bond donors (Lipinski definition) is 0. The van der Waals surface area contributed by atoms with Crippen LogP contribution in [0.25, 0.3) is 11.0 Å². The first kappa shape index (κ1) is 17.9. The van der Waals surface area contributed by atoms with Crippen molar-refractivity contribution in [2.45, 2.75) is 32.7 Å². The van der Waals surface area contributed by atoms with Crippen molar-refractivity contribution in [2.75, 3.05) is 19.8 Å². The molecule has 0 bridgehead atoms. The highest BCUT2D eigenvalue weighted by molar-refractivity contribution is 5.97. The Balaban J connectivity index is 1.46. The minimum atomic E-state index is 0.0318. The van der Waals surface area contributed by atoms with Crippen molar-refractivity contribution in [1.82, 2.24) is 14.9 Å². The van der Waals surface area contributed by atoms with E-state index in [4.69, 9.17) is 9.47 Å². The predicted octanol–water partition coefficient (Wildman–Crippen LogP) is 4.00. The Hall–Kier alpha value is -3.15. The van der Waals surface area contributed by atoms with Gasteiger partial charge >= 0.3 is 0 Å². The van der Waals surface area contributed by atoms with E-state index in [-0.39, 0.29) is 11.9 Å². The SMILES string of the molecule is Cc1nc2ccc(C(=O)N3CCCC3c3ccc4c(c3)OCCO4)cc2nc1C. The molecule has 1 unspecified atom stereocenters. The lowest BCUT2D eigenvalue weighted by Gasteiger charge is -2.27. The molecule has 0 saturated carbocycles. The largest absolute Gasteiger partial charge is 0.486 e. The van der Waals surface area contributed by atoms with Gasteiger partial charge < -0.3 is 14.4 Å². The first-order chi connectivity index (χ1) is 14.1. The van der Waals surface area contributed by atoms with E-state index in [2.05, 4.69) is 9.97 Å². The number of carbonyl (C=O) groups is 1. The molecule has 2 aliphatic heterocycles. The van der Waals surface area contributed by atoms with E-state index in [1.54, 1.807) is 0 Å². The number of ether oxygens (including phenoxy) is 2. The molecule has 2 aliphatic rings. The first-order valence-corrected chi connectivity index (χ1v) is 10.1. The first-order valence-electron chi connectivity index (χ1n) is 10.1. The molecule has 5 rings (SSSR count). The number of nitrogens with zero attached hydrogens (tertiary/aromatic N) is 3. The molecule has 6 nitrogen and oxygen atoms in total. The van der Waals surface area contributed by atoms with Crippen molar-refractivity contribution in [3.8, 4) is 11.5 Å². The molecule has 148 valence electrons. The van der Waals surface area contributed by atoms with Crippen molar-refractivity contribution in [2.24, 2.45) is 0 Å². The molecule has 1 fully saturated rings. The fraction of sp³-hybridized carbons (Fsp3) is 0.348. The summed E-state index contributed by atoms with van der Waals surface area (Å²) in [6.07, 6.45) is 1.92. The standard InChI is InChI=1S/C23H23N3O3/c1-14-15(2)25-19-12-17(5-7-18(19)24-14)23(27)26-9-3-4-20(26)16-6-8-21-22(13-16)29-11-10-28-21/h5-8,12-13,20H,3-4,9-11H2,1-2H3. The third-order valence-corrected chi connectivity index (χ3v) is 5.79. The van der Waals surface area contributed by atoms with Crippen molar-refractivity contribution in [3.63, 3.8) is 0 Å². The number of fused-ring (bicyclic) bond motifs is 2. The maximum Gasteiger partial charge on any atom is 0.254 e. The minimum absolute atomic E-state index is 0.0318. The third-order valence-electron chi connectivity index (χ3n) is 5.79. The normalized spacial score (nSPS) is 18.3. The van der Waals surface area contributed by atoms with Crippen LogP contribution in [-0.2, 0) is 0 Å². The van der Waals surface area contributed by atoms with Crippen LogP contribution in [0.4, 0.5) is 0 Å². The summed E-state index contributed by atoms with van der Waals surface area (Å²) in [4.78, 5) is 24.5. The Kier molecular flexibility index (Phi) is 4.34.